The third-order valence-corrected chi connectivity index (χ3v) is 5.51. The lowest BCUT2D eigenvalue weighted by molar-refractivity contribution is 0.0759. The molecule has 0 amide bonds. The van der Waals surface area contributed by atoms with Crippen LogP contribution >= 0.6 is 0 Å². The SMILES string of the molecule is c1c(CNC2CC2)noc1CN1CCC2CCCCC2C1. The molecule has 2 atom stereocenters. The van der Waals surface area contributed by atoms with E-state index >= 15 is 0 Å². The van der Waals surface area contributed by atoms with Crippen LogP contribution in [-0.4, -0.2) is 29.2 Å². The number of aromatic nitrogens is 1. The van der Waals surface area contributed by atoms with E-state index in [0.29, 0.717) is 0 Å². The van der Waals surface area contributed by atoms with Crippen molar-refractivity contribution in [2.45, 2.75) is 64.1 Å². The summed E-state index contributed by atoms with van der Waals surface area (Å²) in [5, 5.41) is 7.69. The van der Waals surface area contributed by atoms with Crippen molar-refractivity contribution >= 4 is 0 Å². The fraction of sp³-hybridized carbons (Fsp3) is 0.824. The Bertz CT molecular complexity index is 468. The van der Waals surface area contributed by atoms with E-state index in [2.05, 4.69) is 21.4 Å². The maximum absolute atomic E-state index is 5.52. The molecule has 3 fully saturated rings. The van der Waals surface area contributed by atoms with E-state index in [0.717, 1.165) is 42.4 Å². The van der Waals surface area contributed by atoms with Crippen LogP contribution in [0.2, 0.25) is 0 Å². The zero-order chi connectivity index (χ0) is 14.1. The van der Waals surface area contributed by atoms with E-state index in [1.54, 1.807) is 0 Å². The molecule has 1 N–H and O–H groups in total. The molecule has 4 heteroatoms. The summed E-state index contributed by atoms with van der Waals surface area (Å²) in [7, 11) is 0. The molecule has 1 aliphatic heterocycles. The van der Waals surface area contributed by atoms with Crippen LogP contribution < -0.4 is 5.32 Å². The predicted octanol–water partition coefficient (Wildman–Crippen LogP) is 2.94. The molecule has 2 unspecified atom stereocenters. The molecule has 1 aromatic rings. The van der Waals surface area contributed by atoms with Gasteiger partial charge in [-0.2, -0.15) is 0 Å². The van der Waals surface area contributed by atoms with Gasteiger partial charge < -0.3 is 9.84 Å². The summed E-state index contributed by atoms with van der Waals surface area (Å²) < 4.78 is 5.52. The van der Waals surface area contributed by atoms with Gasteiger partial charge in [-0.1, -0.05) is 24.4 Å². The van der Waals surface area contributed by atoms with Crippen LogP contribution in [0.25, 0.3) is 0 Å². The molecule has 3 aliphatic rings. The highest BCUT2D eigenvalue weighted by Gasteiger charge is 2.31. The summed E-state index contributed by atoms with van der Waals surface area (Å²) in [6.45, 7) is 4.30. The third kappa shape index (κ3) is 3.49. The van der Waals surface area contributed by atoms with Crippen molar-refractivity contribution in [3.05, 3.63) is 17.5 Å². The van der Waals surface area contributed by atoms with Crippen molar-refractivity contribution in [3.63, 3.8) is 0 Å². The Morgan fingerprint density at radius 3 is 2.86 bits per heavy atom. The highest BCUT2D eigenvalue weighted by Crippen LogP contribution is 2.36. The van der Waals surface area contributed by atoms with Gasteiger partial charge in [0, 0.05) is 25.2 Å². The average Bonchev–Trinajstić information content (AvgIpc) is 3.25. The first-order valence-electron chi connectivity index (χ1n) is 8.77. The number of piperidine rings is 1. The molecule has 1 saturated heterocycles. The number of nitrogens with zero attached hydrogens (tertiary/aromatic N) is 2. The van der Waals surface area contributed by atoms with Gasteiger partial charge in [0.05, 0.1) is 12.2 Å². The van der Waals surface area contributed by atoms with Crippen LogP contribution in [0.5, 0.6) is 0 Å². The molecule has 2 heterocycles. The van der Waals surface area contributed by atoms with E-state index in [-0.39, 0.29) is 0 Å². The van der Waals surface area contributed by atoms with E-state index in [1.807, 2.05) is 0 Å². The summed E-state index contributed by atoms with van der Waals surface area (Å²) >= 11 is 0. The van der Waals surface area contributed by atoms with Crippen molar-refractivity contribution in [2.24, 2.45) is 11.8 Å². The molecule has 21 heavy (non-hydrogen) atoms. The van der Waals surface area contributed by atoms with Crippen LogP contribution in [0.15, 0.2) is 10.6 Å². The van der Waals surface area contributed by atoms with Crippen molar-refractivity contribution in [1.82, 2.24) is 15.4 Å². The van der Waals surface area contributed by atoms with E-state index in [4.69, 9.17) is 4.52 Å². The van der Waals surface area contributed by atoms with Crippen LogP contribution in [0.3, 0.4) is 0 Å². The largest absolute Gasteiger partial charge is 0.360 e. The van der Waals surface area contributed by atoms with Gasteiger partial charge in [-0.05, 0) is 44.1 Å². The number of hydrogen-bond donors (Lipinski definition) is 1. The standard InChI is InChI=1S/C17H27N3O/c1-2-4-14-11-20(8-7-13(14)3-1)12-17-9-16(19-21-17)10-18-15-5-6-15/h9,13-15,18H,1-8,10-12H2. The molecule has 2 aliphatic carbocycles. The smallest absolute Gasteiger partial charge is 0.151 e. The number of likely N-dealkylation sites (tertiary alicyclic amines) is 1. The minimum atomic E-state index is 0.732. The van der Waals surface area contributed by atoms with Crippen molar-refractivity contribution in [2.75, 3.05) is 13.1 Å². The molecular weight excluding hydrogens is 262 g/mol. The molecule has 0 bridgehead atoms. The fourth-order valence-electron chi connectivity index (χ4n) is 4.09. The van der Waals surface area contributed by atoms with E-state index in [9.17, 15) is 0 Å². The molecule has 4 nitrogen and oxygen atoms in total. The van der Waals surface area contributed by atoms with Crippen LogP contribution in [-0.2, 0) is 13.1 Å². The van der Waals surface area contributed by atoms with Gasteiger partial charge in [-0.25, -0.2) is 0 Å². The predicted molar refractivity (Wildman–Crippen MR) is 81.7 cm³/mol. The summed E-state index contributed by atoms with van der Waals surface area (Å²) in [6, 6.07) is 2.87. The summed E-state index contributed by atoms with van der Waals surface area (Å²) in [4.78, 5) is 2.57. The van der Waals surface area contributed by atoms with Crippen molar-refractivity contribution < 1.29 is 4.52 Å². The van der Waals surface area contributed by atoms with Gasteiger partial charge >= 0.3 is 0 Å². The zero-order valence-corrected chi connectivity index (χ0v) is 12.9. The first-order valence-corrected chi connectivity index (χ1v) is 8.77. The lowest BCUT2D eigenvalue weighted by Crippen LogP contribution is -2.41. The molecule has 2 saturated carbocycles. The molecule has 4 rings (SSSR count). The Morgan fingerprint density at radius 1 is 1.14 bits per heavy atom. The second kappa shape index (κ2) is 6.09. The number of rotatable bonds is 5. The molecule has 0 aromatic carbocycles. The molecule has 116 valence electrons. The summed E-state index contributed by atoms with van der Waals surface area (Å²) in [5.41, 5.74) is 1.06. The molecular formula is C17H27N3O. The van der Waals surface area contributed by atoms with Crippen LogP contribution in [0.1, 0.15) is 56.4 Å². The monoisotopic (exact) mass is 289 g/mol. The van der Waals surface area contributed by atoms with Gasteiger partial charge in [-0.15, -0.1) is 0 Å². The summed E-state index contributed by atoms with van der Waals surface area (Å²) in [6.07, 6.45) is 9.83. The third-order valence-electron chi connectivity index (χ3n) is 5.51. The highest BCUT2D eigenvalue weighted by atomic mass is 16.5. The van der Waals surface area contributed by atoms with Crippen molar-refractivity contribution in [1.29, 1.82) is 0 Å². The van der Waals surface area contributed by atoms with E-state index in [1.165, 1.54) is 58.0 Å². The van der Waals surface area contributed by atoms with E-state index < -0.39 is 0 Å². The van der Waals surface area contributed by atoms with Crippen LogP contribution in [0.4, 0.5) is 0 Å². The first-order chi connectivity index (χ1) is 10.4. The molecule has 0 radical (unpaired) electrons. The number of fused-ring (bicyclic) bond motifs is 1. The average molecular weight is 289 g/mol. The van der Waals surface area contributed by atoms with Gasteiger partial charge in [0.1, 0.15) is 0 Å². The Balaban J connectivity index is 1.29. The number of nitrogens with one attached hydrogen (secondary N) is 1. The summed E-state index contributed by atoms with van der Waals surface area (Å²) in [5.74, 6) is 2.98. The van der Waals surface area contributed by atoms with Gasteiger partial charge in [0.15, 0.2) is 5.76 Å². The Labute approximate surface area is 127 Å². The van der Waals surface area contributed by atoms with Crippen molar-refractivity contribution in [3.8, 4) is 0 Å². The van der Waals surface area contributed by atoms with Gasteiger partial charge in [-0.3, -0.25) is 4.90 Å². The Morgan fingerprint density at radius 2 is 2.00 bits per heavy atom. The minimum absolute atomic E-state index is 0.732. The Hall–Kier alpha value is -0.870. The number of hydrogen-bond acceptors (Lipinski definition) is 4. The Kier molecular flexibility index (Phi) is 3.99. The maximum Gasteiger partial charge on any atom is 0.151 e. The quantitative estimate of drug-likeness (QED) is 0.905. The zero-order valence-electron chi connectivity index (χ0n) is 12.9. The van der Waals surface area contributed by atoms with Crippen LogP contribution in [0, 0.1) is 11.8 Å². The topological polar surface area (TPSA) is 41.3 Å². The van der Waals surface area contributed by atoms with Gasteiger partial charge in [0.25, 0.3) is 0 Å². The second-order valence-electron chi connectivity index (χ2n) is 7.27. The normalized spacial score (nSPS) is 30.3. The second-order valence-corrected chi connectivity index (χ2v) is 7.27. The molecule has 0 spiro atoms. The van der Waals surface area contributed by atoms with Gasteiger partial charge in [0.2, 0.25) is 0 Å². The highest BCUT2D eigenvalue weighted by molar-refractivity contribution is 5.06. The molecule has 1 aromatic heterocycles. The maximum atomic E-state index is 5.52. The lowest BCUT2D eigenvalue weighted by Gasteiger charge is -2.40. The first kappa shape index (κ1) is 13.8. The lowest BCUT2D eigenvalue weighted by atomic mass is 9.75. The fourth-order valence-corrected chi connectivity index (χ4v) is 4.09. The minimum Gasteiger partial charge on any atom is -0.360 e.